The van der Waals surface area contributed by atoms with Crippen LogP contribution in [0.4, 0.5) is 0 Å². The second-order valence-electron chi connectivity index (χ2n) is 6.11. The number of ether oxygens (including phenoxy) is 4. The van der Waals surface area contributed by atoms with Crippen LogP contribution < -0.4 is 20.1 Å². The van der Waals surface area contributed by atoms with Gasteiger partial charge in [0.25, 0.3) is 0 Å². The van der Waals surface area contributed by atoms with Crippen LogP contribution in [-0.4, -0.2) is 44.0 Å². The maximum atomic E-state index is 12.3. The van der Waals surface area contributed by atoms with Crippen molar-refractivity contribution in [2.75, 3.05) is 20.8 Å². The van der Waals surface area contributed by atoms with Crippen LogP contribution in [0.3, 0.4) is 0 Å². The molecule has 0 saturated carbocycles. The maximum absolute atomic E-state index is 12.3. The van der Waals surface area contributed by atoms with E-state index in [1.807, 2.05) is 0 Å². The molecule has 0 bridgehead atoms. The van der Waals surface area contributed by atoms with Crippen molar-refractivity contribution in [1.29, 1.82) is 0 Å². The molecule has 1 aliphatic heterocycles. The summed E-state index contributed by atoms with van der Waals surface area (Å²) in [6.45, 7) is 5.32. The Bertz CT molecular complexity index is 857. The first kappa shape index (κ1) is 23.0. The minimum atomic E-state index is -0.830. The molecular formula is C19H23BrN2O6S. The highest BCUT2D eigenvalue weighted by atomic mass is 79.9. The van der Waals surface area contributed by atoms with Crippen molar-refractivity contribution in [3.63, 3.8) is 0 Å². The molecule has 1 aromatic carbocycles. The first-order valence-electron chi connectivity index (χ1n) is 8.80. The van der Waals surface area contributed by atoms with Crippen molar-refractivity contribution >= 4 is 45.2 Å². The predicted molar refractivity (Wildman–Crippen MR) is 114 cm³/mol. The van der Waals surface area contributed by atoms with Gasteiger partial charge in [0.2, 0.25) is 0 Å². The molecule has 2 rings (SSSR count). The standard InChI is InChI=1S/C19H23BrN2O6S/c1-6-27-17(23)10(3)28-16-12(20)7-11(8-13(16)25-4)15-14(18(24)26-5)9(2)21-19(29)22-15/h7-8,10,15H,6H2,1-5H3,(H2,21,22,29)/t10-,15-/m0/s1. The van der Waals surface area contributed by atoms with E-state index in [9.17, 15) is 9.59 Å². The molecule has 0 aromatic heterocycles. The van der Waals surface area contributed by atoms with Gasteiger partial charge in [-0.3, -0.25) is 0 Å². The number of methoxy groups -OCH3 is 2. The van der Waals surface area contributed by atoms with Crippen molar-refractivity contribution in [3.05, 3.63) is 33.4 Å². The molecule has 0 spiro atoms. The van der Waals surface area contributed by atoms with Crippen LogP contribution in [0.25, 0.3) is 0 Å². The third kappa shape index (κ3) is 5.18. The Balaban J connectivity index is 2.46. The highest BCUT2D eigenvalue weighted by Crippen LogP contribution is 2.40. The number of esters is 2. The van der Waals surface area contributed by atoms with Gasteiger partial charge in [-0.2, -0.15) is 0 Å². The summed E-state index contributed by atoms with van der Waals surface area (Å²) in [6, 6.07) is 2.91. The molecule has 1 aliphatic rings. The molecule has 2 atom stereocenters. The zero-order valence-corrected chi connectivity index (χ0v) is 19.2. The molecule has 0 saturated heterocycles. The molecule has 0 fully saturated rings. The monoisotopic (exact) mass is 486 g/mol. The Kier molecular flexibility index (Phi) is 7.86. The molecule has 8 nitrogen and oxygen atoms in total. The Morgan fingerprint density at radius 2 is 2.00 bits per heavy atom. The molecule has 0 unspecified atom stereocenters. The van der Waals surface area contributed by atoms with Gasteiger partial charge in [-0.1, -0.05) is 0 Å². The summed E-state index contributed by atoms with van der Waals surface area (Å²) in [6.07, 6.45) is -0.830. The SMILES string of the molecule is CCOC(=O)[C@H](C)Oc1c(Br)cc([C@@H]2NC(=S)NC(C)=C2C(=O)OC)cc1OC. The van der Waals surface area contributed by atoms with E-state index in [-0.39, 0.29) is 6.61 Å². The minimum absolute atomic E-state index is 0.257. The molecule has 10 heteroatoms. The van der Waals surface area contributed by atoms with Crippen LogP contribution in [0, 0.1) is 0 Å². The Morgan fingerprint density at radius 3 is 2.59 bits per heavy atom. The summed E-state index contributed by atoms with van der Waals surface area (Å²) < 4.78 is 21.6. The number of rotatable bonds is 7. The second kappa shape index (κ2) is 9.93. The highest BCUT2D eigenvalue weighted by molar-refractivity contribution is 9.10. The van der Waals surface area contributed by atoms with Crippen LogP contribution in [0.5, 0.6) is 11.5 Å². The van der Waals surface area contributed by atoms with E-state index in [0.717, 1.165) is 0 Å². The lowest BCUT2D eigenvalue weighted by molar-refractivity contribution is -0.150. The topological polar surface area (TPSA) is 95.1 Å². The Labute approximate surface area is 183 Å². The fraction of sp³-hybridized carbons (Fsp3) is 0.421. The number of carbonyl (C=O) groups is 2. The fourth-order valence-corrected chi connectivity index (χ4v) is 3.65. The molecule has 2 N–H and O–H groups in total. The lowest BCUT2D eigenvalue weighted by atomic mass is 9.95. The zero-order valence-electron chi connectivity index (χ0n) is 16.8. The molecule has 1 heterocycles. The normalized spacial score (nSPS) is 17.0. The predicted octanol–water partition coefficient (Wildman–Crippen LogP) is 2.75. The molecule has 0 amide bonds. The van der Waals surface area contributed by atoms with Crippen molar-refractivity contribution in [2.45, 2.75) is 32.9 Å². The van der Waals surface area contributed by atoms with Crippen molar-refractivity contribution < 1.29 is 28.5 Å². The van der Waals surface area contributed by atoms with Crippen LogP contribution in [0.2, 0.25) is 0 Å². The Morgan fingerprint density at radius 1 is 1.31 bits per heavy atom. The number of thiocarbonyl (C=S) groups is 1. The lowest BCUT2D eigenvalue weighted by Gasteiger charge is -2.30. The summed E-state index contributed by atoms with van der Waals surface area (Å²) in [4.78, 5) is 24.2. The lowest BCUT2D eigenvalue weighted by Crippen LogP contribution is -2.45. The number of allylic oxidation sites excluding steroid dienone is 1. The average molecular weight is 487 g/mol. The van der Waals surface area contributed by atoms with Gasteiger partial charge in [0.1, 0.15) is 0 Å². The first-order valence-corrected chi connectivity index (χ1v) is 10.0. The number of halogens is 1. The summed E-state index contributed by atoms with van der Waals surface area (Å²) in [5.41, 5.74) is 1.68. The van der Waals surface area contributed by atoms with E-state index in [1.54, 1.807) is 32.9 Å². The van der Waals surface area contributed by atoms with Crippen LogP contribution in [-0.2, 0) is 19.1 Å². The minimum Gasteiger partial charge on any atom is -0.493 e. The van der Waals surface area contributed by atoms with Gasteiger partial charge in [0, 0.05) is 5.70 Å². The van der Waals surface area contributed by atoms with E-state index in [1.165, 1.54) is 14.2 Å². The summed E-state index contributed by atoms with van der Waals surface area (Å²) in [5, 5.41) is 6.38. The molecule has 29 heavy (non-hydrogen) atoms. The van der Waals surface area contributed by atoms with Gasteiger partial charge >= 0.3 is 11.9 Å². The van der Waals surface area contributed by atoms with Crippen LogP contribution >= 0.6 is 28.1 Å². The second-order valence-corrected chi connectivity index (χ2v) is 7.37. The summed E-state index contributed by atoms with van der Waals surface area (Å²) in [5.74, 6) is -0.254. The molecule has 158 valence electrons. The quantitative estimate of drug-likeness (QED) is 0.445. The van der Waals surface area contributed by atoms with E-state index >= 15 is 0 Å². The van der Waals surface area contributed by atoms with Crippen LogP contribution in [0.1, 0.15) is 32.4 Å². The fourth-order valence-electron chi connectivity index (χ4n) is 2.83. The number of hydrogen-bond acceptors (Lipinski definition) is 7. The zero-order chi connectivity index (χ0) is 21.7. The van der Waals surface area contributed by atoms with E-state index in [2.05, 4.69) is 26.6 Å². The molecule has 0 aliphatic carbocycles. The van der Waals surface area contributed by atoms with Gasteiger partial charge in [0.05, 0.1) is 36.9 Å². The maximum Gasteiger partial charge on any atom is 0.347 e. The van der Waals surface area contributed by atoms with E-state index in [4.69, 9.17) is 31.2 Å². The van der Waals surface area contributed by atoms with Gasteiger partial charge in [-0.25, -0.2) is 9.59 Å². The number of hydrogen-bond donors (Lipinski definition) is 2. The third-order valence-electron chi connectivity index (χ3n) is 4.17. The molecule has 1 aromatic rings. The summed E-state index contributed by atoms with van der Waals surface area (Å²) >= 11 is 8.70. The van der Waals surface area contributed by atoms with Crippen molar-refractivity contribution in [3.8, 4) is 11.5 Å². The third-order valence-corrected chi connectivity index (χ3v) is 4.98. The largest absolute Gasteiger partial charge is 0.493 e. The van der Waals surface area contributed by atoms with E-state index < -0.39 is 24.1 Å². The highest BCUT2D eigenvalue weighted by Gasteiger charge is 2.32. The molecule has 0 radical (unpaired) electrons. The Hall–Kier alpha value is -2.33. The van der Waals surface area contributed by atoms with Gasteiger partial charge in [-0.05, 0) is 66.6 Å². The first-order chi connectivity index (χ1) is 13.7. The molecular weight excluding hydrogens is 464 g/mol. The van der Waals surface area contributed by atoms with Gasteiger partial charge in [0.15, 0.2) is 22.7 Å². The summed E-state index contributed by atoms with van der Waals surface area (Å²) in [7, 11) is 2.80. The van der Waals surface area contributed by atoms with Gasteiger partial charge in [-0.15, -0.1) is 0 Å². The van der Waals surface area contributed by atoms with Crippen molar-refractivity contribution in [2.24, 2.45) is 0 Å². The smallest absolute Gasteiger partial charge is 0.347 e. The average Bonchev–Trinajstić information content (AvgIpc) is 2.68. The van der Waals surface area contributed by atoms with Gasteiger partial charge < -0.3 is 29.6 Å². The van der Waals surface area contributed by atoms with Crippen LogP contribution in [0.15, 0.2) is 27.9 Å². The number of benzene rings is 1. The van der Waals surface area contributed by atoms with Crippen molar-refractivity contribution in [1.82, 2.24) is 10.6 Å². The number of nitrogens with one attached hydrogen (secondary N) is 2. The van der Waals surface area contributed by atoms with E-state index in [0.29, 0.717) is 37.9 Å². The number of carbonyl (C=O) groups excluding carboxylic acids is 2.